The molecule has 1 aliphatic carbocycles. The number of aryl methyl sites for hydroxylation is 1. The molecule has 1 aliphatic heterocycles. The van der Waals surface area contributed by atoms with Crippen molar-refractivity contribution in [1.29, 1.82) is 0 Å². The molecule has 1 saturated heterocycles. The Balaban J connectivity index is 1.55. The molecule has 1 aromatic heterocycles. The number of hydrogen-bond acceptors (Lipinski definition) is 6. The highest BCUT2D eigenvalue weighted by Crippen LogP contribution is 2.36. The summed E-state index contributed by atoms with van der Waals surface area (Å²) in [6.45, 7) is 4.27. The summed E-state index contributed by atoms with van der Waals surface area (Å²) < 4.78 is 67.1. The zero-order valence-electron chi connectivity index (χ0n) is 18.3. The Morgan fingerprint density at radius 3 is 2.42 bits per heavy atom. The van der Waals surface area contributed by atoms with E-state index < -0.39 is 33.8 Å². The van der Waals surface area contributed by atoms with Crippen molar-refractivity contribution in [2.45, 2.75) is 55.8 Å². The number of pyridine rings is 1. The van der Waals surface area contributed by atoms with Crippen LogP contribution in [0.25, 0.3) is 0 Å². The lowest BCUT2D eigenvalue weighted by atomic mass is 10.0. The number of benzene rings is 1. The molecule has 1 N–H and O–H groups in total. The first kappa shape index (κ1) is 23.9. The van der Waals surface area contributed by atoms with E-state index in [-0.39, 0.29) is 17.4 Å². The van der Waals surface area contributed by atoms with Gasteiger partial charge in [0.15, 0.2) is 0 Å². The van der Waals surface area contributed by atoms with E-state index >= 15 is 0 Å². The molecule has 4 rings (SSSR count). The fraction of sp³-hybridized carbons (Fsp3) is 0.500. The molecule has 3 atom stereocenters. The monoisotopic (exact) mass is 485 g/mol. The lowest BCUT2D eigenvalue weighted by Crippen LogP contribution is -2.58. The van der Waals surface area contributed by atoms with Gasteiger partial charge in [-0.15, -0.1) is 0 Å². The third kappa shape index (κ3) is 4.59. The summed E-state index contributed by atoms with van der Waals surface area (Å²) in [5.74, 6) is 0.320. The molecule has 11 heteroatoms. The summed E-state index contributed by atoms with van der Waals surface area (Å²) in [4.78, 5) is 10.2. The van der Waals surface area contributed by atoms with E-state index in [2.05, 4.69) is 9.87 Å². The van der Waals surface area contributed by atoms with Crippen LogP contribution in [0, 0.1) is 0 Å². The lowest BCUT2D eigenvalue weighted by molar-refractivity contribution is -0.245. The van der Waals surface area contributed by atoms with Gasteiger partial charge in [-0.3, -0.25) is 5.26 Å². The van der Waals surface area contributed by atoms with Crippen molar-refractivity contribution in [1.82, 2.24) is 9.29 Å². The number of hydrogen-bond donors (Lipinski definition) is 1. The number of anilines is 1. The van der Waals surface area contributed by atoms with Gasteiger partial charge in [0.25, 0.3) is 0 Å². The third-order valence-corrected chi connectivity index (χ3v) is 8.53. The number of alkyl halides is 3. The normalized spacial score (nSPS) is 24.2. The lowest BCUT2D eigenvalue weighted by Gasteiger charge is -2.43. The van der Waals surface area contributed by atoms with Crippen molar-refractivity contribution < 1.29 is 31.7 Å². The molecule has 33 heavy (non-hydrogen) atoms. The van der Waals surface area contributed by atoms with Gasteiger partial charge in [-0.05, 0) is 62.1 Å². The largest absolute Gasteiger partial charge is 0.417 e. The minimum Gasteiger partial charge on any atom is -0.353 e. The summed E-state index contributed by atoms with van der Waals surface area (Å²) in [6.07, 6.45) is -2.08. The van der Waals surface area contributed by atoms with Gasteiger partial charge in [0, 0.05) is 37.3 Å². The van der Waals surface area contributed by atoms with E-state index in [1.807, 2.05) is 6.07 Å². The Labute approximate surface area is 190 Å². The fourth-order valence-corrected chi connectivity index (χ4v) is 6.76. The summed E-state index contributed by atoms with van der Waals surface area (Å²) in [6, 6.07) is 6.55. The summed E-state index contributed by atoms with van der Waals surface area (Å²) in [5.41, 5.74) is 1.10. The van der Waals surface area contributed by atoms with Gasteiger partial charge in [-0.1, -0.05) is 6.07 Å². The Morgan fingerprint density at radius 1 is 1.15 bits per heavy atom. The van der Waals surface area contributed by atoms with E-state index in [4.69, 9.17) is 5.26 Å². The summed E-state index contributed by atoms with van der Waals surface area (Å²) in [7, 11) is -3.82. The predicted octanol–water partition coefficient (Wildman–Crippen LogP) is 3.91. The number of rotatable bonds is 5. The number of nitrogens with zero attached hydrogens (tertiary/aromatic N) is 3. The molecule has 2 aromatic rings. The van der Waals surface area contributed by atoms with Crippen molar-refractivity contribution in [2.24, 2.45) is 0 Å². The van der Waals surface area contributed by atoms with Crippen LogP contribution >= 0.6 is 0 Å². The number of halogens is 3. The molecular weight excluding hydrogens is 459 g/mol. The topological polar surface area (TPSA) is 83.0 Å². The van der Waals surface area contributed by atoms with Crippen molar-refractivity contribution in [3.8, 4) is 0 Å². The molecule has 1 aromatic carbocycles. The maximum atomic E-state index is 13.6. The Morgan fingerprint density at radius 2 is 1.85 bits per heavy atom. The van der Waals surface area contributed by atoms with Gasteiger partial charge in [0.1, 0.15) is 5.82 Å². The third-order valence-electron chi connectivity index (χ3n) is 6.41. The van der Waals surface area contributed by atoms with Crippen molar-refractivity contribution in [2.75, 3.05) is 24.6 Å². The zero-order chi connectivity index (χ0) is 24.0. The maximum absolute atomic E-state index is 13.6. The Kier molecular flexibility index (Phi) is 6.43. The second kappa shape index (κ2) is 8.86. The second-order valence-corrected chi connectivity index (χ2v) is 10.6. The van der Waals surface area contributed by atoms with Crippen molar-refractivity contribution >= 4 is 15.8 Å². The summed E-state index contributed by atoms with van der Waals surface area (Å²) >= 11 is 0. The molecule has 1 fully saturated rings. The van der Waals surface area contributed by atoms with E-state index in [1.165, 1.54) is 10.4 Å². The minimum absolute atomic E-state index is 0.0578. The molecule has 180 valence electrons. The molecule has 0 radical (unpaired) electrons. The van der Waals surface area contributed by atoms with Crippen molar-refractivity contribution in [3.63, 3.8) is 0 Å². The van der Waals surface area contributed by atoms with Crippen LogP contribution < -0.4 is 4.90 Å². The first-order valence-corrected chi connectivity index (χ1v) is 12.2. The number of piperazine rings is 1. The van der Waals surface area contributed by atoms with E-state index in [0.29, 0.717) is 18.9 Å². The first-order chi connectivity index (χ1) is 15.5. The molecule has 0 amide bonds. The molecule has 1 unspecified atom stereocenters. The number of sulfonamides is 1. The van der Waals surface area contributed by atoms with Gasteiger partial charge in [-0.25, -0.2) is 18.3 Å². The predicted molar refractivity (Wildman–Crippen MR) is 115 cm³/mol. The average Bonchev–Trinajstić information content (AvgIpc) is 3.15. The highest BCUT2D eigenvalue weighted by Gasteiger charge is 2.40. The van der Waals surface area contributed by atoms with E-state index in [0.717, 1.165) is 36.2 Å². The Bertz CT molecular complexity index is 1090. The van der Waals surface area contributed by atoms with Crippen LogP contribution in [0.3, 0.4) is 0 Å². The summed E-state index contributed by atoms with van der Waals surface area (Å²) in [5, 5.41) is 8.84. The van der Waals surface area contributed by atoms with Gasteiger partial charge < -0.3 is 4.90 Å². The number of aromatic nitrogens is 1. The fourth-order valence-electron chi connectivity index (χ4n) is 4.92. The van der Waals surface area contributed by atoms with Crippen molar-refractivity contribution in [3.05, 3.63) is 53.2 Å². The molecule has 7 nitrogen and oxygen atoms in total. The maximum Gasteiger partial charge on any atom is 0.417 e. The van der Waals surface area contributed by atoms with Crippen LogP contribution in [-0.2, 0) is 27.5 Å². The van der Waals surface area contributed by atoms with Gasteiger partial charge in [0.05, 0.1) is 17.1 Å². The van der Waals surface area contributed by atoms with Gasteiger partial charge in [0.2, 0.25) is 10.0 Å². The SMILES string of the molecule is C[C@H]1CN(c2ccc(C(F)(F)F)cn2)C[C@H](C)N1S(=O)(=O)c1ccc2c(c1)C(COO)CC2. The van der Waals surface area contributed by atoms with Gasteiger partial charge in [-0.2, -0.15) is 17.5 Å². The molecular formula is C22H26F3N3O4S. The quantitative estimate of drug-likeness (QED) is 0.511. The minimum atomic E-state index is -4.46. The van der Waals surface area contributed by atoms with E-state index in [9.17, 15) is 21.6 Å². The smallest absolute Gasteiger partial charge is 0.353 e. The average molecular weight is 486 g/mol. The highest BCUT2D eigenvalue weighted by molar-refractivity contribution is 7.89. The zero-order valence-corrected chi connectivity index (χ0v) is 19.1. The van der Waals surface area contributed by atoms with Crippen LogP contribution in [0.15, 0.2) is 41.4 Å². The molecule has 2 aliphatic rings. The van der Waals surface area contributed by atoms with E-state index in [1.54, 1.807) is 30.9 Å². The Hall–Kier alpha value is -2.21. The molecule has 2 heterocycles. The van der Waals surface area contributed by atoms with Gasteiger partial charge >= 0.3 is 6.18 Å². The van der Waals surface area contributed by atoms with Crippen LogP contribution in [0.4, 0.5) is 19.0 Å². The van der Waals surface area contributed by atoms with Crippen LogP contribution in [0.2, 0.25) is 0 Å². The first-order valence-electron chi connectivity index (χ1n) is 10.7. The second-order valence-electron chi connectivity index (χ2n) is 8.73. The van der Waals surface area contributed by atoms with Crippen LogP contribution in [0.5, 0.6) is 0 Å². The number of fused-ring (bicyclic) bond motifs is 1. The molecule has 0 spiro atoms. The highest BCUT2D eigenvalue weighted by atomic mass is 32.2. The van der Waals surface area contributed by atoms with Crippen LogP contribution in [0.1, 0.15) is 42.9 Å². The standard InChI is InChI=1S/C22H26F3N3O4S/c1-14-11-27(21-8-6-18(10-26-21)22(23,24)25)12-15(2)28(14)33(30,31)19-7-5-16-3-4-17(13-32-29)20(16)9-19/h5-10,14-15,17,29H,3-4,11-13H2,1-2H3/t14-,15-,17?/m0/s1. The molecule has 0 bridgehead atoms. The molecule has 0 saturated carbocycles. The van der Waals surface area contributed by atoms with Crippen LogP contribution in [-0.4, -0.2) is 54.7 Å².